The number of rotatable bonds is 4. The van der Waals surface area contributed by atoms with Gasteiger partial charge in [-0.25, -0.2) is 4.98 Å². The summed E-state index contributed by atoms with van der Waals surface area (Å²) in [6.07, 6.45) is 5.23. The Hall–Kier alpha value is -3.53. The summed E-state index contributed by atoms with van der Waals surface area (Å²) in [6, 6.07) is 7.17. The molecule has 1 aliphatic rings. The lowest BCUT2D eigenvalue weighted by atomic mass is 9.95. The van der Waals surface area contributed by atoms with Gasteiger partial charge < -0.3 is 21.3 Å². The molecule has 10 heteroatoms. The molecule has 1 saturated heterocycles. The zero-order chi connectivity index (χ0) is 22.0. The molecule has 4 rings (SSSR count). The number of carbonyl (C=O) groups excluding carboxylic acids is 3. The number of nitrogens with zero attached hydrogens (tertiary/aromatic N) is 3. The van der Waals surface area contributed by atoms with Gasteiger partial charge in [-0.2, -0.15) is 0 Å². The largest absolute Gasteiger partial charge is 0.366 e. The number of thiazole rings is 1. The van der Waals surface area contributed by atoms with Crippen molar-refractivity contribution in [2.45, 2.75) is 25.3 Å². The van der Waals surface area contributed by atoms with E-state index in [2.05, 4.69) is 20.6 Å². The monoisotopic (exact) mass is 438 g/mol. The van der Waals surface area contributed by atoms with Crippen molar-refractivity contribution in [3.8, 4) is 0 Å². The maximum atomic E-state index is 13.0. The number of nitrogens with two attached hydrogens (primary N) is 1. The second kappa shape index (κ2) is 8.68. The lowest BCUT2D eigenvalue weighted by molar-refractivity contribution is -0.145. The van der Waals surface area contributed by atoms with Crippen LogP contribution in [0.5, 0.6) is 0 Å². The summed E-state index contributed by atoms with van der Waals surface area (Å²) in [5, 5.41) is 6.40. The fourth-order valence-electron chi connectivity index (χ4n) is 3.74. The molecule has 3 aromatic rings. The first kappa shape index (κ1) is 20.7. The standard InChI is InChI=1S/C21H22N6O3S/c1-23-21-26-15-9-12(5-6-17(15)31-21)16-4-2-3-7-27(16)20(30)19(29)25-14-8-13(18(22)28)10-24-11-14/h5-6,8-11,16H,2-4,7H2,1H3,(H2,22,28)(H,23,26)(H,25,29)/t16-/m0/s1. The van der Waals surface area contributed by atoms with E-state index in [1.165, 1.54) is 18.5 Å². The highest BCUT2D eigenvalue weighted by atomic mass is 32.1. The number of pyridine rings is 1. The first-order chi connectivity index (χ1) is 15.0. The van der Waals surface area contributed by atoms with Gasteiger partial charge in [-0.3, -0.25) is 19.4 Å². The van der Waals surface area contributed by atoms with E-state index in [1.54, 1.807) is 16.2 Å². The van der Waals surface area contributed by atoms with Gasteiger partial charge in [0.25, 0.3) is 0 Å². The fourth-order valence-corrected chi connectivity index (χ4v) is 4.54. The molecule has 3 heterocycles. The molecule has 9 nitrogen and oxygen atoms in total. The Morgan fingerprint density at radius 2 is 2.03 bits per heavy atom. The smallest absolute Gasteiger partial charge is 0.313 e. The molecule has 160 valence electrons. The summed E-state index contributed by atoms with van der Waals surface area (Å²) in [5.74, 6) is -2.06. The van der Waals surface area contributed by atoms with Crippen molar-refractivity contribution >= 4 is 50.1 Å². The summed E-state index contributed by atoms with van der Waals surface area (Å²) >= 11 is 1.56. The van der Waals surface area contributed by atoms with Crippen LogP contribution in [0.1, 0.15) is 41.2 Å². The van der Waals surface area contributed by atoms with Crippen molar-refractivity contribution in [2.24, 2.45) is 5.73 Å². The van der Waals surface area contributed by atoms with Gasteiger partial charge in [-0.05, 0) is 43.0 Å². The van der Waals surface area contributed by atoms with Crippen molar-refractivity contribution in [3.63, 3.8) is 0 Å². The van der Waals surface area contributed by atoms with E-state index < -0.39 is 17.7 Å². The van der Waals surface area contributed by atoms with E-state index in [0.717, 1.165) is 40.2 Å². The Balaban J connectivity index is 1.55. The summed E-state index contributed by atoms with van der Waals surface area (Å²) in [5.41, 5.74) is 7.46. The molecular formula is C21H22N6O3S. The maximum absolute atomic E-state index is 13.0. The molecule has 1 atom stereocenters. The topological polar surface area (TPSA) is 130 Å². The summed E-state index contributed by atoms with van der Waals surface area (Å²) < 4.78 is 1.06. The Kier molecular flexibility index (Phi) is 5.81. The van der Waals surface area contributed by atoms with E-state index in [1.807, 2.05) is 25.2 Å². The molecule has 0 bridgehead atoms. The fraction of sp³-hybridized carbons (Fsp3) is 0.286. The highest BCUT2D eigenvalue weighted by molar-refractivity contribution is 7.22. The minimum absolute atomic E-state index is 0.151. The number of fused-ring (bicyclic) bond motifs is 1. The third-order valence-electron chi connectivity index (χ3n) is 5.25. The number of nitrogens with one attached hydrogen (secondary N) is 2. The van der Waals surface area contributed by atoms with E-state index >= 15 is 0 Å². The van der Waals surface area contributed by atoms with E-state index in [9.17, 15) is 14.4 Å². The number of hydrogen-bond acceptors (Lipinski definition) is 7. The first-order valence-electron chi connectivity index (χ1n) is 9.91. The number of amides is 3. The van der Waals surface area contributed by atoms with Gasteiger partial charge >= 0.3 is 11.8 Å². The molecule has 4 N–H and O–H groups in total. The first-order valence-corrected chi connectivity index (χ1v) is 10.7. The summed E-state index contributed by atoms with van der Waals surface area (Å²) in [4.78, 5) is 47.0. The van der Waals surface area contributed by atoms with Crippen LogP contribution in [-0.2, 0) is 9.59 Å². The van der Waals surface area contributed by atoms with Crippen LogP contribution in [0.4, 0.5) is 10.8 Å². The molecule has 0 aliphatic carbocycles. The lowest BCUT2D eigenvalue weighted by Crippen LogP contribution is -2.44. The highest BCUT2D eigenvalue weighted by Gasteiger charge is 2.32. The van der Waals surface area contributed by atoms with Crippen molar-refractivity contribution in [3.05, 3.63) is 47.8 Å². The van der Waals surface area contributed by atoms with Crippen LogP contribution in [-0.4, -0.2) is 46.2 Å². The van der Waals surface area contributed by atoms with E-state index in [4.69, 9.17) is 5.73 Å². The van der Waals surface area contributed by atoms with Crippen molar-refractivity contribution < 1.29 is 14.4 Å². The number of anilines is 2. The van der Waals surface area contributed by atoms with Crippen LogP contribution in [0.3, 0.4) is 0 Å². The normalized spacial score (nSPS) is 16.2. The van der Waals surface area contributed by atoms with Gasteiger partial charge in [-0.1, -0.05) is 17.4 Å². The molecule has 0 radical (unpaired) electrons. The Bertz CT molecular complexity index is 1160. The van der Waals surface area contributed by atoms with Gasteiger partial charge in [0.15, 0.2) is 5.13 Å². The van der Waals surface area contributed by atoms with Crippen LogP contribution in [0.25, 0.3) is 10.2 Å². The summed E-state index contributed by atoms with van der Waals surface area (Å²) in [6.45, 7) is 0.493. The van der Waals surface area contributed by atoms with Crippen molar-refractivity contribution in [1.82, 2.24) is 14.9 Å². The zero-order valence-electron chi connectivity index (χ0n) is 16.9. The van der Waals surface area contributed by atoms with Crippen LogP contribution >= 0.6 is 11.3 Å². The van der Waals surface area contributed by atoms with Crippen LogP contribution in [0.2, 0.25) is 0 Å². The van der Waals surface area contributed by atoms with Gasteiger partial charge in [0.2, 0.25) is 5.91 Å². The molecule has 31 heavy (non-hydrogen) atoms. The molecule has 0 spiro atoms. The molecule has 2 aromatic heterocycles. The Morgan fingerprint density at radius 1 is 1.19 bits per heavy atom. The number of hydrogen-bond donors (Lipinski definition) is 3. The third kappa shape index (κ3) is 4.33. The average Bonchev–Trinajstić information content (AvgIpc) is 3.21. The van der Waals surface area contributed by atoms with Gasteiger partial charge in [0, 0.05) is 19.8 Å². The third-order valence-corrected chi connectivity index (χ3v) is 6.30. The highest BCUT2D eigenvalue weighted by Crippen LogP contribution is 2.34. The Morgan fingerprint density at radius 3 is 2.81 bits per heavy atom. The van der Waals surface area contributed by atoms with Gasteiger partial charge in [-0.15, -0.1) is 0 Å². The molecule has 0 saturated carbocycles. The quantitative estimate of drug-likeness (QED) is 0.537. The van der Waals surface area contributed by atoms with Gasteiger partial charge in [0.1, 0.15) is 0 Å². The number of piperidine rings is 1. The van der Waals surface area contributed by atoms with E-state index in [-0.39, 0.29) is 17.3 Å². The van der Waals surface area contributed by atoms with Crippen LogP contribution < -0.4 is 16.4 Å². The van der Waals surface area contributed by atoms with Crippen LogP contribution in [0, 0.1) is 0 Å². The number of likely N-dealkylation sites (tertiary alicyclic amines) is 1. The molecule has 1 fully saturated rings. The maximum Gasteiger partial charge on any atom is 0.313 e. The number of primary amides is 1. The number of carbonyl (C=O) groups is 3. The van der Waals surface area contributed by atoms with Crippen molar-refractivity contribution in [1.29, 1.82) is 0 Å². The summed E-state index contributed by atoms with van der Waals surface area (Å²) in [7, 11) is 1.83. The van der Waals surface area contributed by atoms with Gasteiger partial charge in [0.05, 0.1) is 33.7 Å². The van der Waals surface area contributed by atoms with Crippen LogP contribution in [0.15, 0.2) is 36.7 Å². The SMILES string of the molecule is CNc1nc2cc([C@@H]3CCCCN3C(=O)C(=O)Nc3cncc(C(N)=O)c3)ccc2s1. The number of benzene rings is 1. The predicted octanol–water partition coefficient (Wildman–Crippen LogP) is 2.52. The lowest BCUT2D eigenvalue weighted by Gasteiger charge is -2.35. The Labute approximate surface area is 182 Å². The average molecular weight is 439 g/mol. The zero-order valence-corrected chi connectivity index (χ0v) is 17.7. The number of aromatic nitrogens is 2. The van der Waals surface area contributed by atoms with Crippen molar-refractivity contribution in [2.75, 3.05) is 24.2 Å². The minimum atomic E-state index is -0.775. The molecule has 1 aliphatic heterocycles. The molecule has 1 aromatic carbocycles. The second-order valence-electron chi connectivity index (χ2n) is 7.29. The van der Waals surface area contributed by atoms with E-state index in [0.29, 0.717) is 6.54 Å². The molecular weight excluding hydrogens is 416 g/mol. The molecule has 3 amide bonds. The molecule has 0 unspecified atom stereocenters. The minimum Gasteiger partial charge on any atom is -0.366 e. The predicted molar refractivity (Wildman–Crippen MR) is 119 cm³/mol. The second-order valence-corrected chi connectivity index (χ2v) is 8.32.